The Hall–Kier alpha value is -2.13. The van der Waals surface area contributed by atoms with E-state index in [-0.39, 0.29) is 18.1 Å². The Kier molecular flexibility index (Phi) is 3.41. The van der Waals surface area contributed by atoms with Crippen molar-refractivity contribution < 1.29 is 14.7 Å². The second kappa shape index (κ2) is 4.79. The number of carboxylic acids is 1. The summed E-state index contributed by atoms with van der Waals surface area (Å²) in [6.45, 7) is 0.0735. The standard InChI is InChI=1S/C8H7N3O3/c1-2-3-14-11-8-9-4-6(5-10-8)7(12)13/h1,4-5H,3H2,(H,12,13)(H,9,10,11). The SMILES string of the molecule is C#CCONc1ncc(C(=O)O)cn1. The largest absolute Gasteiger partial charge is 0.478 e. The monoisotopic (exact) mass is 193 g/mol. The van der Waals surface area contributed by atoms with Crippen LogP contribution in [0.1, 0.15) is 10.4 Å². The van der Waals surface area contributed by atoms with E-state index in [1.165, 1.54) is 0 Å². The molecule has 1 aromatic heterocycles. The van der Waals surface area contributed by atoms with Crippen molar-refractivity contribution in [2.75, 3.05) is 12.1 Å². The van der Waals surface area contributed by atoms with Crippen molar-refractivity contribution in [3.8, 4) is 12.3 Å². The number of aromatic carboxylic acids is 1. The maximum absolute atomic E-state index is 10.4. The fourth-order valence-electron chi connectivity index (χ4n) is 0.633. The zero-order chi connectivity index (χ0) is 10.4. The summed E-state index contributed by atoms with van der Waals surface area (Å²) in [6.07, 6.45) is 7.25. The number of terminal acetylenes is 1. The molecule has 0 aliphatic carbocycles. The van der Waals surface area contributed by atoms with Gasteiger partial charge in [0.15, 0.2) is 0 Å². The molecule has 0 spiro atoms. The second-order valence-corrected chi connectivity index (χ2v) is 2.20. The first kappa shape index (κ1) is 9.95. The molecule has 1 rings (SSSR count). The van der Waals surface area contributed by atoms with Gasteiger partial charge < -0.3 is 5.11 Å². The second-order valence-electron chi connectivity index (χ2n) is 2.20. The Morgan fingerprint density at radius 2 is 2.29 bits per heavy atom. The van der Waals surface area contributed by atoms with Gasteiger partial charge in [0.1, 0.15) is 6.61 Å². The van der Waals surface area contributed by atoms with Crippen LogP contribution in [0.25, 0.3) is 0 Å². The molecule has 0 atom stereocenters. The van der Waals surface area contributed by atoms with E-state index >= 15 is 0 Å². The molecule has 0 amide bonds. The van der Waals surface area contributed by atoms with Crippen molar-refractivity contribution >= 4 is 11.9 Å². The van der Waals surface area contributed by atoms with Gasteiger partial charge in [0.2, 0.25) is 5.95 Å². The highest BCUT2D eigenvalue weighted by atomic mass is 16.6. The smallest absolute Gasteiger partial charge is 0.338 e. The number of anilines is 1. The van der Waals surface area contributed by atoms with Crippen LogP contribution in [0.3, 0.4) is 0 Å². The molecular formula is C8H7N3O3. The van der Waals surface area contributed by atoms with E-state index in [9.17, 15) is 4.79 Å². The molecular weight excluding hydrogens is 186 g/mol. The summed E-state index contributed by atoms with van der Waals surface area (Å²) >= 11 is 0. The van der Waals surface area contributed by atoms with Gasteiger partial charge in [-0.15, -0.1) is 6.42 Å². The van der Waals surface area contributed by atoms with Gasteiger partial charge in [0, 0.05) is 12.4 Å². The van der Waals surface area contributed by atoms with Crippen molar-refractivity contribution in [3.63, 3.8) is 0 Å². The quantitative estimate of drug-likeness (QED) is 0.402. The third kappa shape index (κ3) is 2.73. The fraction of sp³-hybridized carbons (Fsp3) is 0.125. The fourth-order valence-corrected chi connectivity index (χ4v) is 0.633. The number of hydrogen-bond donors (Lipinski definition) is 2. The molecule has 6 nitrogen and oxygen atoms in total. The predicted octanol–water partition coefficient (Wildman–Crippen LogP) is 0.151. The van der Waals surface area contributed by atoms with Crippen molar-refractivity contribution in [1.29, 1.82) is 0 Å². The predicted molar refractivity (Wildman–Crippen MR) is 47.4 cm³/mol. The van der Waals surface area contributed by atoms with E-state index in [0.717, 1.165) is 12.4 Å². The van der Waals surface area contributed by atoms with Crippen LogP contribution < -0.4 is 5.48 Å². The van der Waals surface area contributed by atoms with Crippen LogP contribution >= 0.6 is 0 Å². The Balaban J connectivity index is 2.56. The first-order valence-electron chi connectivity index (χ1n) is 3.60. The zero-order valence-electron chi connectivity index (χ0n) is 7.10. The lowest BCUT2D eigenvalue weighted by Crippen LogP contribution is -2.06. The number of nitrogens with one attached hydrogen (secondary N) is 1. The first-order chi connectivity index (χ1) is 6.74. The lowest BCUT2D eigenvalue weighted by molar-refractivity contribution is 0.0696. The lowest BCUT2D eigenvalue weighted by Gasteiger charge is -2.01. The van der Waals surface area contributed by atoms with Crippen molar-refractivity contribution in [3.05, 3.63) is 18.0 Å². The average Bonchev–Trinajstić information content (AvgIpc) is 2.19. The molecule has 0 bridgehead atoms. The van der Waals surface area contributed by atoms with Crippen LogP contribution in [0, 0.1) is 12.3 Å². The van der Waals surface area contributed by atoms with E-state index in [1.807, 2.05) is 0 Å². The van der Waals surface area contributed by atoms with Gasteiger partial charge in [-0.25, -0.2) is 20.2 Å². The minimum Gasteiger partial charge on any atom is -0.478 e. The van der Waals surface area contributed by atoms with Gasteiger partial charge in [-0.3, -0.25) is 4.84 Å². The Morgan fingerprint density at radius 1 is 1.64 bits per heavy atom. The number of nitrogens with zero attached hydrogens (tertiary/aromatic N) is 2. The van der Waals surface area contributed by atoms with Gasteiger partial charge >= 0.3 is 5.97 Å². The Morgan fingerprint density at radius 3 is 2.79 bits per heavy atom. The first-order valence-corrected chi connectivity index (χ1v) is 3.60. The summed E-state index contributed by atoms with van der Waals surface area (Å²) in [7, 11) is 0. The van der Waals surface area contributed by atoms with Crippen LogP contribution in [0.2, 0.25) is 0 Å². The topological polar surface area (TPSA) is 84.3 Å². The van der Waals surface area contributed by atoms with Crippen molar-refractivity contribution in [2.45, 2.75) is 0 Å². The Bertz CT molecular complexity index is 355. The molecule has 1 heterocycles. The van der Waals surface area contributed by atoms with Gasteiger partial charge in [-0.05, 0) is 0 Å². The highest BCUT2D eigenvalue weighted by molar-refractivity contribution is 5.86. The molecule has 0 unspecified atom stereocenters. The van der Waals surface area contributed by atoms with Crippen LogP contribution in [-0.2, 0) is 4.84 Å². The number of carbonyl (C=O) groups is 1. The summed E-state index contributed by atoms with van der Waals surface area (Å²) in [5.74, 6) is 1.31. The molecule has 0 saturated heterocycles. The number of rotatable bonds is 4. The highest BCUT2D eigenvalue weighted by Crippen LogP contribution is 1.99. The van der Waals surface area contributed by atoms with E-state index in [2.05, 4.69) is 21.4 Å². The third-order valence-corrected chi connectivity index (χ3v) is 1.22. The molecule has 6 heteroatoms. The summed E-state index contributed by atoms with van der Waals surface area (Å²) in [4.78, 5) is 22.5. The number of hydrogen-bond acceptors (Lipinski definition) is 5. The van der Waals surface area contributed by atoms with Crippen LogP contribution in [0.5, 0.6) is 0 Å². The van der Waals surface area contributed by atoms with Gasteiger partial charge in [0.05, 0.1) is 5.56 Å². The van der Waals surface area contributed by atoms with E-state index < -0.39 is 5.97 Å². The molecule has 0 aliphatic heterocycles. The van der Waals surface area contributed by atoms with Gasteiger partial charge in [0.25, 0.3) is 0 Å². The summed E-state index contributed by atoms with van der Waals surface area (Å²) in [6, 6.07) is 0. The molecule has 0 saturated carbocycles. The summed E-state index contributed by atoms with van der Waals surface area (Å²) in [5, 5.41) is 8.53. The molecule has 14 heavy (non-hydrogen) atoms. The molecule has 2 N–H and O–H groups in total. The van der Waals surface area contributed by atoms with Crippen LogP contribution in [-0.4, -0.2) is 27.7 Å². The molecule has 0 radical (unpaired) electrons. The number of aromatic nitrogens is 2. The Labute approximate surface area is 79.9 Å². The molecule has 1 aromatic rings. The van der Waals surface area contributed by atoms with Crippen molar-refractivity contribution in [1.82, 2.24) is 9.97 Å². The molecule has 0 aromatic carbocycles. The maximum Gasteiger partial charge on any atom is 0.338 e. The van der Waals surface area contributed by atoms with E-state index in [1.54, 1.807) is 0 Å². The van der Waals surface area contributed by atoms with Crippen LogP contribution in [0.4, 0.5) is 5.95 Å². The van der Waals surface area contributed by atoms with Crippen LogP contribution in [0.15, 0.2) is 12.4 Å². The van der Waals surface area contributed by atoms with Crippen molar-refractivity contribution in [2.24, 2.45) is 0 Å². The minimum atomic E-state index is -1.08. The normalized spacial score (nSPS) is 9.07. The van der Waals surface area contributed by atoms with E-state index in [4.69, 9.17) is 16.4 Å². The third-order valence-electron chi connectivity index (χ3n) is 1.22. The molecule has 0 fully saturated rings. The van der Waals surface area contributed by atoms with Gasteiger partial charge in [-0.1, -0.05) is 5.92 Å². The van der Waals surface area contributed by atoms with Gasteiger partial charge in [-0.2, -0.15) is 0 Å². The zero-order valence-corrected chi connectivity index (χ0v) is 7.10. The van der Waals surface area contributed by atoms with E-state index in [0.29, 0.717) is 0 Å². The maximum atomic E-state index is 10.4. The summed E-state index contributed by atoms with van der Waals surface area (Å²) < 4.78 is 0. The minimum absolute atomic E-state index is 0.00694. The summed E-state index contributed by atoms with van der Waals surface area (Å²) in [5.41, 5.74) is 2.36. The number of carboxylic acid groups (broad SMARTS) is 1. The molecule has 0 aliphatic rings. The highest BCUT2D eigenvalue weighted by Gasteiger charge is 2.03. The molecule has 72 valence electrons. The average molecular weight is 193 g/mol. The lowest BCUT2D eigenvalue weighted by atomic mass is 10.4.